The Balaban J connectivity index is 1.69. The maximum absolute atomic E-state index is 13.6. The molecule has 0 saturated carbocycles. The molecule has 188 valence electrons. The van der Waals surface area contributed by atoms with Gasteiger partial charge in [-0.3, -0.25) is 9.78 Å². The minimum Gasteiger partial charge on any atom is -0.444 e. The number of fused-ring (bicyclic) bond motifs is 1. The van der Waals surface area contributed by atoms with Gasteiger partial charge >= 0.3 is 0 Å². The summed E-state index contributed by atoms with van der Waals surface area (Å²) in [6, 6.07) is 15.6. The lowest BCUT2D eigenvalue weighted by Gasteiger charge is -2.24. The summed E-state index contributed by atoms with van der Waals surface area (Å²) in [7, 11) is 0. The van der Waals surface area contributed by atoms with Crippen molar-refractivity contribution in [2.45, 2.75) is 34.1 Å². The minimum absolute atomic E-state index is 0.155. The first-order valence-electron chi connectivity index (χ1n) is 12.2. The Kier molecular flexibility index (Phi) is 6.69. The smallest absolute Gasteiger partial charge is 0.298 e. The van der Waals surface area contributed by atoms with Crippen molar-refractivity contribution < 1.29 is 4.42 Å². The molecule has 0 aliphatic carbocycles. The van der Waals surface area contributed by atoms with Gasteiger partial charge in [0.05, 0.1) is 11.9 Å². The molecule has 0 amide bonds. The van der Waals surface area contributed by atoms with Crippen LogP contribution in [0.15, 0.2) is 81.0 Å². The highest BCUT2D eigenvalue weighted by molar-refractivity contribution is 9.10. The molecule has 5 aromatic rings. The second kappa shape index (κ2) is 9.94. The molecule has 0 atom stereocenters. The fourth-order valence-electron chi connectivity index (χ4n) is 4.08. The number of oxazole rings is 1. The van der Waals surface area contributed by atoms with Crippen molar-refractivity contribution in [1.82, 2.24) is 19.7 Å². The molecule has 0 radical (unpaired) electrons. The molecule has 3 heterocycles. The maximum atomic E-state index is 13.6. The van der Waals surface area contributed by atoms with Crippen molar-refractivity contribution in [3.05, 3.63) is 87.7 Å². The van der Waals surface area contributed by atoms with Gasteiger partial charge in [-0.25, -0.2) is 4.98 Å². The molecule has 0 aliphatic rings. The van der Waals surface area contributed by atoms with E-state index in [1.807, 2.05) is 55.5 Å². The number of benzene rings is 2. The molecule has 0 spiro atoms. The lowest BCUT2D eigenvalue weighted by atomic mass is 9.90. The average Bonchev–Trinajstić information content (AvgIpc) is 3.44. The molecule has 5 rings (SSSR count). The summed E-state index contributed by atoms with van der Waals surface area (Å²) in [6.45, 7) is 9.44. The van der Waals surface area contributed by atoms with Crippen LogP contribution >= 0.6 is 15.9 Å². The van der Waals surface area contributed by atoms with Gasteiger partial charge in [0.25, 0.3) is 5.56 Å². The fourth-order valence-corrected chi connectivity index (χ4v) is 4.58. The zero-order chi connectivity index (χ0) is 26.2. The van der Waals surface area contributed by atoms with Crippen LogP contribution in [0.4, 0.5) is 5.69 Å². The first-order chi connectivity index (χ1) is 17.8. The van der Waals surface area contributed by atoms with Gasteiger partial charge in [-0.05, 0) is 66.8 Å². The Morgan fingerprint density at radius 3 is 2.68 bits per heavy atom. The highest BCUT2D eigenvalue weighted by atomic mass is 79.9. The Morgan fingerprint density at radius 1 is 1.11 bits per heavy atom. The van der Waals surface area contributed by atoms with Crippen LogP contribution in [0, 0.1) is 12.3 Å². The monoisotopic (exact) mass is 557 g/mol. The molecule has 7 nitrogen and oxygen atoms in total. The summed E-state index contributed by atoms with van der Waals surface area (Å²) in [5.74, 6) is 0.642. The van der Waals surface area contributed by atoms with Gasteiger partial charge in [0, 0.05) is 39.4 Å². The van der Waals surface area contributed by atoms with E-state index < -0.39 is 0 Å². The summed E-state index contributed by atoms with van der Waals surface area (Å²) < 4.78 is 7.84. The van der Waals surface area contributed by atoms with Crippen molar-refractivity contribution in [3.63, 3.8) is 0 Å². The van der Waals surface area contributed by atoms with Crippen LogP contribution in [0.1, 0.15) is 32.8 Å². The normalized spacial score (nSPS) is 11.7. The van der Waals surface area contributed by atoms with Crippen molar-refractivity contribution in [2.24, 2.45) is 5.41 Å². The van der Waals surface area contributed by atoms with Crippen molar-refractivity contribution >= 4 is 32.5 Å². The SMILES string of the molecule is CCC(C)(C)CNc1ccc(C)c(-n2nc(-c3cc(Br)cc(-c4cnco4)c3)c3cccnc3c2=O)c1. The number of rotatable bonds is 7. The van der Waals surface area contributed by atoms with Crippen molar-refractivity contribution in [3.8, 4) is 28.3 Å². The summed E-state index contributed by atoms with van der Waals surface area (Å²) in [6.07, 6.45) is 5.76. The highest BCUT2D eigenvalue weighted by Gasteiger charge is 2.18. The average molecular weight is 558 g/mol. The number of aryl methyl sites for hydroxylation is 1. The number of aromatic nitrogens is 4. The van der Waals surface area contributed by atoms with Crippen molar-refractivity contribution in [1.29, 1.82) is 0 Å². The second-order valence-electron chi connectivity index (χ2n) is 9.93. The van der Waals surface area contributed by atoms with Gasteiger partial charge in [-0.15, -0.1) is 0 Å². The van der Waals surface area contributed by atoms with Crippen LogP contribution < -0.4 is 10.9 Å². The van der Waals surface area contributed by atoms with Crippen LogP contribution in [0.25, 0.3) is 39.2 Å². The number of hydrogen-bond donors (Lipinski definition) is 1. The van der Waals surface area contributed by atoms with E-state index in [0.29, 0.717) is 28.0 Å². The molecule has 1 N–H and O–H groups in total. The van der Waals surface area contributed by atoms with E-state index in [9.17, 15) is 4.79 Å². The molecule has 0 saturated heterocycles. The number of pyridine rings is 1. The number of anilines is 1. The number of nitrogens with one attached hydrogen (secondary N) is 1. The molecule has 0 unspecified atom stereocenters. The van der Waals surface area contributed by atoms with Gasteiger partial charge in [0.2, 0.25) is 0 Å². The number of nitrogens with zero attached hydrogens (tertiary/aromatic N) is 4. The van der Waals surface area contributed by atoms with Crippen LogP contribution in [-0.4, -0.2) is 26.3 Å². The molecule has 2 aromatic carbocycles. The molecular formula is C29H28BrN5O2. The van der Waals surface area contributed by atoms with E-state index in [1.165, 1.54) is 11.1 Å². The van der Waals surface area contributed by atoms with Gasteiger partial charge in [0.15, 0.2) is 12.2 Å². The Labute approximate surface area is 223 Å². The third-order valence-corrected chi connectivity index (χ3v) is 7.17. The number of halogens is 1. The molecule has 0 fully saturated rings. The summed E-state index contributed by atoms with van der Waals surface area (Å²) in [5.41, 5.74) is 5.16. The van der Waals surface area contributed by atoms with E-state index in [0.717, 1.165) is 39.8 Å². The van der Waals surface area contributed by atoms with Crippen LogP contribution in [0.5, 0.6) is 0 Å². The van der Waals surface area contributed by atoms with Gasteiger partial charge in [0.1, 0.15) is 11.2 Å². The summed E-state index contributed by atoms with van der Waals surface area (Å²) in [5, 5.41) is 9.11. The Morgan fingerprint density at radius 2 is 1.92 bits per heavy atom. The standard InChI is InChI=1S/C29H28BrN5O2/c1-5-29(3,4)16-33-22-9-8-18(2)24(14-22)35-28(36)27-23(7-6-10-32-27)26(34-35)20-11-19(12-21(30)13-20)25-15-31-17-37-25/h6-15,17,33H,5,16H2,1-4H3. The molecule has 3 aromatic heterocycles. The van der Waals surface area contributed by atoms with Crippen LogP contribution in [0.2, 0.25) is 0 Å². The van der Waals surface area contributed by atoms with Crippen molar-refractivity contribution in [2.75, 3.05) is 11.9 Å². The van der Waals surface area contributed by atoms with E-state index >= 15 is 0 Å². The van der Waals surface area contributed by atoms with Gasteiger partial charge in [-0.2, -0.15) is 9.78 Å². The largest absolute Gasteiger partial charge is 0.444 e. The van der Waals surface area contributed by atoms with E-state index in [1.54, 1.807) is 12.4 Å². The van der Waals surface area contributed by atoms with E-state index in [4.69, 9.17) is 9.52 Å². The molecular weight excluding hydrogens is 530 g/mol. The predicted octanol–water partition coefficient (Wildman–Crippen LogP) is 7.02. The zero-order valence-electron chi connectivity index (χ0n) is 21.2. The van der Waals surface area contributed by atoms with Gasteiger partial charge < -0.3 is 9.73 Å². The Bertz CT molecular complexity index is 1640. The quantitative estimate of drug-likeness (QED) is 0.231. The molecule has 8 heteroatoms. The zero-order valence-corrected chi connectivity index (χ0v) is 22.8. The lowest BCUT2D eigenvalue weighted by molar-refractivity contribution is 0.377. The first kappa shape index (κ1) is 24.9. The first-order valence-corrected chi connectivity index (χ1v) is 13.0. The van der Waals surface area contributed by atoms with E-state index in [-0.39, 0.29) is 11.0 Å². The Hall–Kier alpha value is -3.78. The predicted molar refractivity (Wildman–Crippen MR) is 151 cm³/mol. The molecule has 37 heavy (non-hydrogen) atoms. The minimum atomic E-state index is -0.265. The van der Waals surface area contributed by atoms with Crippen LogP contribution in [0.3, 0.4) is 0 Å². The number of hydrogen-bond acceptors (Lipinski definition) is 6. The second-order valence-corrected chi connectivity index (χ2v) is 10.8. The highest BCUT2D eigenvalue weighted by Crippen LogP contribution is 2.32. The molecule has 0 aliphatic heterocycles. The summed E-state index contributed by atoms with van der Waals surface area (Å²) in [4.78, 5) is 22.1. The summed E-state index contributed by atoms with van der Waals surface area (Å²) >= 11 is 3.62. The third kappa shape index (κ3) is 5.06. The molecule has 0 bridgehead atoms. The third-order valence-electron chi connectivity index (χ3n) is 6.71. The van der Waals surface area contributed by atoms with E-state index in [2.05, 4.69) is 52.0 Å². The topological polar surface area (TPSA) is 85.8 Å². The lowest BCUT2D eigenvalue weighted by Crippen LogP contribution is -2.24. The fraction of sp³-hybridized carbons (Fsp3) is 0.241. The van der Waals surface area contributed by atoms with Gasteiger partial charge in [-0.1, -0.05) is 42.8 Å². The van der Waals surface area contributed by atoms with Crippen LogP contribution in [-0.2, 0) is 0 Å². The maximum Gasteiger partial charge on any atom is 0.298 e.